The molecule has 1 nitrogen and oxygen atoms in total. The van der Waals surface area contributed by atoms with Gasteiger partial charge in [0.1, 0.15) is 0 Å². The Balaban J connectivity index is 0.00000196. The highest BCUT2D eigenvalue weighted by Gasteiger charge is 2.08. The van der Waals surface area contributed by atoms with Crippen LogP contribution in [0.15, 0.2) is 16.8 Å². The van der Waals surface area contributed by atoms with Crippen molar-refractivity contribution in [3.8, 4) is 0 Å². The zero-order chi connectivity index (χ0) is 10.4. The van der Waals surface area contributed by atoms with Crippen LogP contribution in [0, 0.1) is 5.41 Å². The molecule has 0 saturated heterocycles. The molecule has 0 aromatic carbocycles. The molecule has 0 aliphatic carbocycles. The predicted molar refractivity (Wildman–Crippen MR) is 71.0 cm³/mol. The third-order valence-electron chi connectivity index (χ3n) is 2.47. The summed E-state index contributed by atoms with van der Waals surface area (Å²) in [6.07, 6.45) is 6.75. The molecule has 1 rings (SSSR count). The minimum Gasteiger partial charge on any atom is -0.344 e. The number of unbranched alkanes of at least 4 members (excludes halogenated alkanes) is 2. The molecule has 1 heterocycles. The molecular formula is C13H25NS. The van der Waals surface area contributed by atoms with Gasteiger partial charge in [0.05, 0.1) is 0 Å². The summed E-state index contributed by atoms with van der Waals surface area (Å²) < 4.78 is 0. The summed E-state index contributed by atoms with van der Waals surface area (Å²) in [5.74, 6) is 0. The molecule has 2 heteroatoms. The molecular weight excluding hydrogens is 202 g/mol. The van der Waals surface area contributed by atoms with Gasteiger partial charge in [-0.05, 0) is 47.1 Å². The Hall–Kier alpha value is -0.340. The van der Waals surface area contributed by atoms with Crippen LogP contribution in [0.1, 0.15) is 52.0 Å². The van der Waals surface area contributed by atoms with E-state index in [1.54, 1.807) is 0 Å². The van der Waals surface area contributed by atoms with Gasteiger partial charge in [-0.3, -0.25) is 0 Å². The number of thiophene rings is 1. The van der Waals surface area contributed by atoms with Gasteiger partial charge in [-0.1, -0.05) is 33.6 Å². The van der Waals surface area contributed by atoms with Crippen molar-refractivity contribution >= 4 is 11.3 Å². The monoisotopic (exact) mass is 227 g/mol. The van der Waals surface area contributed by atoms with Gasteiger partial charge < -0.3 is 6.15 Å². The van der Waals surface area contributed by atoms with Crippen LogP contribution in [0.2, 0.25) is 0 Å². The Morgan fingerprint density at radius 3 is 2.40 bits per heavy atom. The quantitative estimate of drug-likeness (QED) is 0.701. The zero-order valence-electron chi connectivity index (χ0n) is 10.4. The Kier molecular flexibility index (Phi) is 6.86. The Labute approximate surface area is 98.5 Å². The van der Waals surface area contributed by atoms with E-state index >= 15 is 0 Å². The van der Waals surface area contributed by atoms with Gasteiger partial charge in [0.15, 0.2) is 0 Å². The van der Waals surface area contributed by atoms with Crippen LogP contribution >= 0.6 is 11.3 Å². The van der Waals surface area contributed by atoms with Crippen LogP contribution in [0.5, 0.6) is 0 Å². The van der Waals surface area contributed by atoms with Crippen molar-refractivity contribution in [3.63, 3.8) is 0 Å². The normalized spacial score (nSPS) is 11.1. The second-order valence-electron chi connectivity index (χ2n) is 5.25. The van der Waals surface area contributed by atoms with Gasteiger partial charge in [0.2, 0.25) is 0 Å². The Bertz CT molecular complexity index is 234. The lowest BCUT2D eigenvalue weighted by Crippen LogP contribution is -2.03. The Morgan fingerprint density at radius 1 is 1.13 bits per heavy atom. The molecule has 0 radical (unpaired) electrons. The van der Waals surface area contributed by atoms with Crippen molar-refractivity contribution in [2.24, 2.45) is 5.41 Å². The minimum atomic E-state index is 0. The Morgan fingerprint density at radius 2 is 1.87 bits per heavy atom. The van der Waals surface area contributed by atoms with E-state index in [0.717, 1.165) is 0 Å². The first-order valence-electron chi connectivity index (χ1n) is 5.59. The SMILES string of the molecule is CC(C)(C)CCCCCc1ccsc1.N. The molecule has 0 fully saturated rings. The summed E-state index contributed by atoms with van der Waals surface area (Å²) in [6, 6.07) is 2.24. The van der Waals surface area contributed by atoms with Gasteiger partial charge in [0.25, 0.3) is 0 Å². The van der Waals surface area contributed by atoms with Gasteiger partial charge in [0, 0.05) is 0 Å². The summed E-state index contributed by atoms with van der Waals surface area (Å²) >= 11 is 1.81. The molecule has 0 saturated carbocycles. The van der Waals surface area contributed by atoms with Crippen molar-refractivity contribution in [1.29, 1.82) is 0 Å². The fourth-order valence-corrected chi connectivity index (χ4v) is 2.30. The van der Waals surface area contributed by atoms with E-state index in [2.05, 4.69) is 37.6 Å². The highest BCUT2D eigenvalue weighted by atomic mass is 32.1. The molecule has 88 valence electrons. The van der Waals surface area contributed by atoms with Crippen LogP contribution in [0.25, 0.3) is 0 Å². The largest absolute Gasteiger partial charge is 0.344 e. The second-order valence-corrected chi connectivity index (χ2v) is 6.03. The maximum Gasteiger partial charge on any atom is -0.00613 e. The first kappa shape index (κ1) is 14.7. The van der Waals surface area contributed by atoms with Crippen LogP contribution < -0.4 is 6.15 Å². The van der Waals surface area contributed by atoms with Crippen molar-refractivity contribution in [2.45, 2.75) is 52.9 Å². The van der Waals surface area contributed by atoms with E-state index in [1.807, 2.05) is 11.3 Å². The first-order chi connectivity index (χ1) is 6.58. The fraction of sp³-hybridized carbons (Fsp3) is 0.692. The fourth-order valence-electron chi connectivity index (χ4n) is 1.60. The lowest BCUT2D eigenvalue weighted by atomic mass is 9.89. The van der Waals surface area contributed by atoms with Crippen LogP contribution in [0.3, 0.4) is 0 Å². The lowest BCUT2D eigenvalue weighted by Gasteiger charge is -2.17. The van der Waals surface area contributed by atoms with Crippen LogP contribution in [-0.2, 0) is 6.42 Å². The number of aryl methyl sites for hydroxylation is 1. The average Bonchev–Trinajstić information content (AvgIpc) is 2.54. The summed E-state index contributed by atoms with van der Waals surface area (Å²) in [7, 11) is 0. The summed E-state index contributed by atoms with van der Waals surface area (Å²) in [5, 5.41) is 4.44. The van der Waals surface area contributed by atoms with Gasteiger partial charge in [-0.2, -0.15) is 11.3 Å². The maximum atomic E-state index is 2.33. The average molecular weight is 227 g/mol. The molecule has 0 amide bonds. The van der Waals surface area contributed by atoms with E-state index in [1.165, 1.54) is 37.7 Å². The molecule has 15 heavy (non-hydrogen) atoms. The molecule has 0 aliphatic rings. The topological polar surface area (TPSA) is 35.0 Å². The standard InChI is InChI=1S/C13H22S.H3N/c1-13(2,3)9-6-4-5-7-12-8-10-14-11-12;/h8,10-11H,4-7,9H2,1-3H3;1H3. The minimum absolute atomic E-state index is 0. The molecule has 3 N–H and O–H groups in total. The molecule has 0 aliphatic heterocycles. The maximum absolute atomic E-state index is 2.33. The number of hydrogen-bond donors (Lipinski definition) is 1. The third kappa shape index (κ3) is 7.57. The van der Waals surface area contributed by atoms with E-state index in [-0.39, 0.29) is 6.15 Å². The molecule has 0 unspecified atom stereocenters. The zero-order valence-corrected chi connectivity index (χ0v) is 11.2. The summed E-state index contributed by atoms with van der Waals surface area (Å²) in [5.41, 5.74) is 2.04. The van der Waals surface area contributed by atoms with Gasteiger partial charge in [-0.25, -0.2) is 0 Å². The first-order valence-corrected chi connectivity index (χ1v) is 6.53. The highest BCUT2D eigenvalue weighted by molar-refractivity contribution is 7.07. The van der Waals surface area contributed by atoms with Crippen molar-refractivity contribution < 1.29 is 0 Å². The van der Waals surface area contributed by atoms with Crippen molar-refractivity contribution in [3.05, 3.63) is 22.4 Å². The lowest BCUT2D eigenvalue weighted by molar-refractivity contribution is 0.358. The van der Waals surface area contributed by atoms with Gasteiger partial charge in [-0.15, -0.1) is 0 Å². The predicted octanol–water partition coefficient (Wildman–Crippen LogP) is 5.06. The molecule has 1 aromatic rings. The third-order valence-corrected chi connectivity index (χ3v) is 3.20. The van der Waals surface area contributed by atoms with Crippen LogP contribution in [-0.4, -0.2) is 0 Å². The summed E-state index contributed by atoms with van der Waals surface area (Å²) in [6.45, 7) is 6.98. The summed E-state index contributed by atoms with van der Waals surface area (Å²) in [4.78, 5) is 0. The highest BCUT2D eigenvalue weighted by Crippen LogP contribution is 2.22. The molecule has 1 aromatic heterocycles. The van der Waals surface area contributed by atoms with E-state index in [9.17, 15) is 0 Å². The molecule has 0 atom stereocenters. The van der Waals surface area contributed by atoms with Crippen LogP contribution in [0.4, 0.5) is 0 Å². The van der Waals surface area contributed by atoms with E-state index < -0.39 is 0 Å². The van der Waals surface area contributed by atoms with E-state index in [4.69, 9.17) is 0 Å². The molecule has 0 bridgehead atoms. The smallest absolute Gasteiger partial charge is 0.00613 e. The van der Waals surface area contributed by atoms with E-state index in [0.29, 0.717) is 5.41 Å². The number of rotatable bonds is 5. The van der Waals surface area contributed by atoms with Crippen molar-refractivity contribution in [2.75, 3.05) is 0 Å². The molecule has 0 spiro atoms. The van der Waals surface area contributed by atoms with Gasteiger partial charge >= 0.3 is 0 Å². The van der Waals surface area contributed by atoms with Crippen molar-refractivity contribution in [1.82, 2.24) is 6.15 Å². The number of hydrogen-bond acceptors (Lipinski definition) is 2. The second kappa shape index (κ2) is 7.02.